The van der Waals surface area contributed by atoms with Crippen molar-refractivity contribution in [1.82, 2.24) is 14.8 Å². The molecule has 0 bridgehead atoms. The van der Waals surface area contributed by atoms with E-state index in [2.05, 4.69) is 10.2 Å². The second-order valence-corrected chi connectivity index (χ2v) is 8.74. The molecule has 0 saturated heterocycles. The lowest BCUT2D eigenvalue weighted by molar-refractivity contribution is -0.142. The van der Waals surface area contributed by atoms with Gasteiger partial charge in [0.05, 0.1) is 22.3 Å². The molecule has 146 valence electrons. The van der Waals surface area contributed by atoms with Crippen LogP contribution in [0.15, 0.2) is 23.4 Å². The molecule has 8 heteroatoms. The molecule has 1 atom stereocenters. The van der Waals surface area contributed by atoms with Gasteiger partial charge in [-0.1, -0.05) is 54.2 Å². The predicted molar refractivity (Wildman–Crippen MR) is 109 cm³/mol. The Hall–Kier alpha value is -1.24. The molecule has 1 unspecified atom stereocenters. The number of hydrogen-bond acceptors (Lipinski definition) is 5. The molecule has 0 radical (unpaired) electrons. The van der Waals surface area contributed by atoms with Crippen molar-refractivity contribution in [2.75, 3.05) is 6.61 Å². The quantitative estimate of drug-likeness (QED) is 0.439. The minimum Gasteiger partial charge on any atom is -0.465 e. The maximum Gasteiger partial charge on any atom is 0.319 e. The van der Waals surface area contributed by atoms with Gasteiger partial charge in [0.25, 0.3) is 0 Å². The first-order valence-electron chi connectivity index (χ1n) is 9.25. The highest BCUT2D eigenvalue weighted by Crippen LogP contribution is 2.36. The molecule has 1 saturated carbocycles. The summed E-state index contributed by atoms with van der Waals surface area (Å²) in [4.78, 5) is 12.1. The van der Waals surface area contributed by atoms with Gasteiger partial charge in [-0.15, -0.1) is 10.2 Å². The Bertz CT molecular complexity index is 806. The molecule has 1 aliphatic carbocycles. The van der Waals surface area contributed by atoms with Crippen LogP contribution in [0.25, 0.3) is 5.69 Å². The average Bonchev–Trinajstić information content (AvgIpc) is 3.08. The van der Waals surface area contributed by atoms with E-state index in [4.69, 9.17) is 27.9 Å². The third kappa shape index (κ3) is 4.79. The van der Waals surface area contributed by atoms with Crippen LogP contribution in [0.2, 0.25) is 10.0 Å². The number of carbonyl (C=O) groups is 1. The van der Waals surface area contributed by atoms with E-state index >= 15 is 0 Å². The van der Waals surface area contributed by atoms with E-state index in [0.29, 0.717) is 27.7 Å². The van der Waals surface area contributed by atoms with Crippen LogP contribution < -0.4 is 0 Å². The molecule has 1 fully saturated rings. The van der Waals surface area contributed by atoms with Gasteiger partial charge in [-0.3, -0.25) is 9.36 Å². The molecular formula is C19H23Cl2N3O2S. The summed E-state index contributed by atoms with van der Waals surface area (Å²) in [5.74, 6) is 1.02. The molecule has 0 N–H and O–H groups in total. The van der Waals surface area contributed by atoms with Gasteiger partial charge in [-0.2, -0.15) is 0 Å². The molecule has 1 heterocycles. The zero-order valence-electron chi connectivity index (χ0n) is 15.5. The maximum absolute atomic E-state index is 12.1. The molecule has 1 aliphatic rings. The molecule has 2 aromatic rings. The van der Waals surface area contributed by atoms with E-state index in [1.54, 1.807) is 13.0 Å². The molecule has 1 aromatic heterocycles. The molecule has 1 aromatic carbocycles. The van der Waals surface area contributed by atoms with Crippen molar-refractivity contribution in [3.8, 4) is 5.69 Å². The Kier molecular flexibility index (Phi) is 7.06. The lowest BCUT2D eigenvalue weighted by Crippen LogP contribution is -2.18. The number of aromatic nitrogens is 3. The Morgan fingerprint density at radius 1 is 1.26 bits per heavy atom. The highest BCUT2D eigenvalue weighted by Gasteiger charge is 2.27. The first kappa shape index (κ1) is 20.5. The predicted octanol–water partition coefficient (Wildman–Crippen LogP) is 5.67. The summed E-state index contributed by atoms with van der Waals surface area (Å²) >= 11 is 13.7. The minimum atomic E-state index is -0.380. The van der Waals surface area contributed by atoms with Crippen LogP contribution in [0.1, 0.15) is 57.7 Å². The number of thioether (sulfide) groups is 1. The van der Waals surface area contributed by atoms with E-state index in [0.717, 1.165) is 24.4 Å². The summed E-state index contributed by atoms with van der Waals surface area (Å²) in [6.45, 7) is 3.97. The summed E-state index contributed by atoms with van der Waals surface area (Å²) in [6.07, 6.45) is 5.84. The molecule has 0 amide bonds. The molecular weight excluding hydrogens is 405 g/mol. The van der Waals surface area contributed by atoms with Gasteiger partial charge in [0.1, 0.15) is 11.1 Å². The molecule has 27 heavy (non-hydrogen) atoms. The number of nitrogens with zero attached hydrogens (tertiary/aromatic N) is 3. The number of carbonyl (C=O) groups excluding carboxylic acids is 1. The zero-order valence-corrected chi connectivity index (χ0v) is 17.8. The molecule has 0 aliphatic heterocycles. The Morgan fingerprint density at radius 3 is 2.67 bits per heavy atom. The monoisotopic (exact) mass is 427 g/mol. The number of ether oxygens (including phenoxy) is 1. The van der Waals surface area contributed by atoms with Crippen LogP contribution in [0.5, 0.6) is 0 Å². The van der Waals surface area contributed by atoms with E-state index in [1.165, 1.54) is 31.0 Å². The van der Waals surface area contributed by atoms with E-state index in [1.807, 2.05) is 23.6 Å². The van der Waals surface area contributed by atoms with Gasteiger partial charge >= 0.3 is 5.97 Å². The minimum absolute atomic E-state index is 0.259. The fourth-order valence-corrected chi connectivity index (χ4v) is 4.48. The summed E-state index contributed by atoms with van der Waals surface area (Å²) < 4.78 is 7.14. The lowest BCUT2D eigenvalue weighted by Gasteiger charge is -2.22. The Balaban J connectivity index is 1.98. The first-order chi connectivity index (χ1) is 13.0. The highest BCUT2D eigenvalue weighted by atomic mass is 35.5. The lowest BCUT2D eigenvalue weighted by atomic mass is 9.88. The van der Waals surface area contributed by atoms with Gasteiger partial charge < -0.3 is 4.74 Å². The number of rotatable bonds is 6. The Morgan fingerprint density at radius 2 is 2.00 bits per heavy atom. The number of halogens is 2. The standard InChI is InChI=1S/C19H23Cl2N3O2S/c1-3-26-18(25)12(2)27-19-23-22-17(13-7-5-4-6-8-13)24(19)14-9-10-15(20)16(21)11-14/h9-13H,3-8H2,1-2H3. The van der Waals surface area contributed by atoms with Crippen molar-refractivity contribution in [2.45, 2.75) is 62.3 Å². The van der Waals surface area contributed by atoms with E-state index < -0.39 is 0 Å². The van der Waals surface area contributed by atoms with Crippen molar-refractivity contribution in [3.63, 3.8) is 0 Å². The highest BCUT2D eigenvalue weighted by molar-refractivity contribution is 8.00. The molecule has 5 nitrogen and oxygen atoms in total. The molecule has 3 rings (SSSR count). The van der Waals surface area contributed by atoms with Gasteiger partial charge in [0.15, 0.2) is 5.16 Å². The largest absolute Gasteiger partial charge is 0.465 e. The maximum atomic E-state index is 12.1. The van der Waals surface area contributed by atoms with Crippen molar-refractivity contribution < 1.29 is 9.53 Å². The fraction of sp³-hybridized carbons (Fsp3) is 0.526. The van der Waals surface area contributed by atoms with Gasteiger partial charge in [-0.25, -0.2) is 0 Å². The summed E-state index contributed by atoms with van der Waals surface area (Å²) in [6, 6.07) is 5.49. The SMILES string of the molecule is CCOC(=O)C(C)Sc1nnc(C2CCCCC2)n1-c1ccc(Cl)c(Cl)c1. The topological polar surface area (TPSA) is 57.0 Å². The van der Waals surface area contributed by atoms with Crippen LogP contribution in [0, 0.1) is 0 Å². The van der Waals surface area contributed by atoms with Crippen LogP contribution in [-0.4, -0.2) is 32.6 Å². The summed E-state index contributed by atoms with van der Waals surface area (Å²) in [5.41, 5.74) is 0.855. The van der Waals surface area contributed by atoms with Crippen LogP contribution >= 0.6 is 35.0 Å². The van der Waals surface area contributed by atoms with Crippen LogP contribution in [-0.2, 0) is 9.53 Å². The Labute approximate surface area is 173 Å². The van der Waals surface area contributed by atoms with E-state index in [-0.39, 0.29) is 11.2 Å². The van der Waals surface area contributed by atoms with Crippen LogP contribution in [0.4, 0.5) is 0 Å². The number of hydrogen-bond donors (Lipinski definition) is 0. The number of esters is 1. The molecule has 0 spiro atoms. The van der Waals surface area contributed by atoms with Crippen molar-refractivity contribution in [3.05, 3.63) is 34.1 Å². The third-order valence-corrected chi connectivity index (χ3v) is 6.45. The normalized spacial score (nSPS) is 16.3. The summed E-state index contributed by atoms with van der Waals surface area (Å²) in [5, 5.41) is 10.1. The zero-order chi connectivity index (χ0) is 19.4. The van der Waals surface area contributed by atoms with E-state index in [9.17, 15) is 4.79 Å². The third-order valence-electron chi connectivity index (χ3n) is 4.69. The first-order valence-corrected chi connectivity index (χ1v) is 10.9. The fourth-order valence-electron chi connectivity index (χ4n) is 3.32. The smallest absolute Gasteiger partial charge is 0.319 e. The van der Waals surface area contributed by atoms with Crippen molar-refractivity contribution in [2.24, 2.45) is 0 Å². The second kappa shape index (κ2) is 9.30. The summed E-state index contributed by atoms with van der Waals surface area (Å²) in [7, 11) is 0. The van der Waals surface area contributed by atoms with Gasteiger partial charge in [0.2, 0.25) is 0 Å². The van der Waals surface area contributed by atoms with Gasteiger partial charge in [-0.05, 0) is 44.9 Å². The van der Waals surface area contributed by atoms with Crippen LogP contribution in [0.3, 0.4) is 0 Å². The van der Waals surface area contributed by atoms with Crippen molar-refractivity contribution in [1.29, 1.82) is 0 Å². The number of benzene rings is 1. The second-order valence-electron chi connectivity index (χ2n) is 6.62. The van der Waals surface area contributed by atoms with Gasteiger partial charge in [0, 0.05) is 5.92 Å². The van der Waals surface area contributed by atoms with Crippen molar-refractivity contribution >= 4 is 40.9 Å². The average molecular weight is 428 g/mol.